The van der Waals surface area contributed by atoms with Crippen LogP contribution in [0.15, 0.2) is 30.5 Å². The van der Waals surface area contributed by atoms with Crippen molar-refractivity contribution in [1.29, 1.82) is 0 Å². The number of carbonyl (C=O) groups excluding carboxylic acids is 6. The highest BCUT2D eigenvalue weighted by molar-refractivity contribution is 5.97. The Morgan fingerprint density at radius 1 is 0.979 bits per heavy atom. The summed E-state index contributed by atoms with van der Waals surface area (Å²) < 4.78 is 0. The quantitative estimate of drug-likeness (QED) is 0.235. The summed E-state index contributed by atoms with van der Waals surface area (Å²) in [7, 11) is 0. The van der Waals surface area contributed by atoms with Gasteiger partial charge in [-0.25, -0.2) is 0 Å². The van der Waals surface area contributed by atoms with Crippen LogP contribution in [0.2, 0.25) is 0 Å². The van der Waals surface area contributed by atoms with Crippen molar-refractivity contribution in [2.75, 3.05) is 13.1 Å². The van der Waals surface area contributed by atoms with Gasteiger partial charge in [-0.2, -0.15) is 0 Å². The number of nitrogens with one attached hydrogen (secondary N) is 6. The van der Waals surface area contributed by atoms with E-state index in [-0.39, 0.29) is 44.7 Å². The summed E-state index contributed by atoms with van der Waals surface area (Å²) in [5.74, 6) is -3.13. The van der Waals surface area contributed by atoms with E-state index in [2.05, 4.69) is 31.6 Å². The monoisotopic (exact) mass is 653 g/mol. The van der Waals surface area contributed by atoms with E-state index in [1.54, 1.807) is 6.20 Å². The van der Waals surface area contributed by atoms with Gasteiger partial charge in [-0.3, -0.25) is 28.8 Å². The molecule has 0 saturated carbocycles. The van der Waals surface area contributed by atoms with Gasteiger partial charge in [0, 0.05) is 50.0 Å². The maximum atomic E-state index is 14.0. The van der Waals surface area contributed by atoms with E-state index in [4.69, 9.17) is 0 Å². The summed E-state index contributed by atoms with van der Waals surface area (Å²) in [5.41, 5.74) is 1.60. The second-order valence-electron chi connectivity index (χ2n) is 13.0. The van der Waals surface area contributed by atoms with Crippen molar-refractivity contribution in [3.05, 3.63) is 36.0 Å². The molecule has 6 atom stereocenters. The van der Waals surface area contributed by atoms with E-state index >= 15 is 0 Å². The average Bonchev–Trinajstić information content (AvgIpc) is 3.61. The van der Waals surface area contributed by atoms with Gasteiger partial charge in [0.25, 0.3) is 0 Å². The van der Waals surface area contributed by atoms with Crippen molar-refractivity contribution < 1.29 is 33.9 Å². The average molecular weight is 654 g/mol. The molecule has 14 heteroatoms. The highest BCUT2D eigenvalue weighted by Gasteiger charge is 2.42. The summed E-state index contributed by atoms with van der Waals surface area (Å²) in [4.78, 5) is 84.1. The Morgan fingerprint density at radius 2 is 1.70 bits per heavy atom. The molecule has 7 N–H and O–H groups in total. The Balaban J connectivity index is 1.67. The van der Waals surface area contributed by atoms with Crippen LogP contribution < -0.4 is 26.6 Å². The normalized spacial score (nSPS) is 27.2. The number of para-hydroxylation sites is 1. The van der Waals surface area contributed by atoms with Gasteiger partial charge < -0.3 is 41.6 Å². The van der Waals surface area contributed by atoms with E-state index in [0.717, 1.165) is 16.5 Å². The first kappa shape index (κ1) is 35.4. The minimum absolute atomic E-state index is 0.0147. The molecule has 0 unspecified atom stereocenters. The number of amides is 6. The molecule has 2 aromatic rings. The van der Waals surface area contributed by atoms with E-state index in [1.807, 2.05) is 38.1 Å². The molecule has 3 heterocycles. The van der Waals surface area contributed by atoms with Gasteiger partial charge in [-0.05, 0) is 50.2 Å². The van der Waals surface area contributed by atoms with E-state index in [1.165, 1.54) is 18.7 Å². The zero-order valence-electron chi connectivity index (χ0n) is 27.4. The second-order valence-corrected chi connectivity index (χ2v) is 13.0. The van der Waals surface area contributed by atoms with Crippen LogP contribution >= 0.6 is 0 Å². The number of hydrogen-bond acceptors (Lipinski definition) is 7. The summed E-state index contributed by atoms with van der Waals surface area (Å²) in [5, 5.41) is 25.0. The molecule has 2 saturated heterocycles. The fourth-order valence-electron chi connectivity index (χ4n) is 6.19. The van der Waals surface area contributed by atoms with Gasteiger partial charge in [0.2, 0.25) is 35.4 Å². The largest absolute Gasteiger partial charge is 0.391 e. The van der Waals surface area contributed by atoms with Crippen LogP contribution in [-0.2, 0) is 35.2 Å². The van der Waals surface area contributed by atoms with Crippen molar-refractivity contribution in [1.82, 2.24) is 36.5 Å². The third-order valence-electron chi connectivity index (χ3n) is 8.58. The number of aromatic amines is 1. The summed E-state index contributed by atoms with van der Waals surface area (Å²) >= 11 is 0. The number of hydrogen-bond donors (Lipinski definition) is 7. The first-order chi connectivity index (χ1) is 22.3. The number of fused-ring (bicyclic) bond motifs is 2. The van der Waals surface area contributed by atoms with E-state index in [0.29, 0.717) is 12.8 Å². The summed E-state index contributed by atoms with van der Waals surface area (Å²) in [6.45, 7) is 6.78. The number of aliphatic hydroxyl groups is 1. The molecule has 4 rings (SSSR count). The predicted octanol–water partition coefficient (Wildman–Crippen LogP) is -0.00260. The van der Waals surface area contributed by atoms with Gasteiger partial charge in [0.1, 0.15) is 30.2 Å². The molecule has 14 nitrogen and oxygen atoms in total. The molecule has 0 spiro atoms. The van der Waals surface area contributed by atoms with Crippen LogP contribution in [-0.4, -0.2) is 99.8 Å². The molecule has 1 aromatic carbocycles. The van der Waals surface area contributed by atoms with Crippen molar-refractivity contribution in [3.8, 4) is 0 Å². The van der Waals surface area contributed by atoms with Crippen LogP contribution in [0, 0.1) is 5.92 Å². The lowest BCUT2D eigenvalue weighted by Crippen LogP contribution is -2.59. The highest BCUT2D eigenvalue weighted by atomic mass is 16.3. The maximum absolute atomic E-state index is 14.0. The Kier molecular flexibility index (Phi) is 12.0. The Hall–Kier alpha value is -4.46. The summed E-state index contributed by atoms with van der Waals surface area (Å²) in [6.07, 6.45) is 2.45. The lowest BCUT2D eigenvalue weighted by molar-refractivity contribution is -0.142. The smallest absolute Gasteiger partial charge is 0.245 e. The second kappa shape index (κ2) is 15.9. The van der Waals surface area contributed by atoms with Crippen molar-refractivity contribution in [2.45, 2.75) is 103 Å². The van der Waals surface area contributed by atoms with Crippen LogP contribution in [0.1, 0.15) is 65.4 Å². The van der Waals surface area contributed by atoms with Gasteiger partial charge in [-0.1, -0.05) is 32.0 Å². The van der Waals surface area contributed by atoms with Crippen LogP contribution in [0.3, 0.4) is 0 Å². The SMILES string of the molecule is CC(=O)N[C@H]1CCCCNC(=O)[C@@H]2C[C@@H](O)CN2C(=O)[C@@H](CC(C)C)NC(=O)[C@H](Cc2c[nH]c3ccccc23)NC(=O)[C@@H](C)NC1=O. The molecular formula is C33H47N7O7. The van der Waals surface area contributed by atoms with Crippen molar-refractivity contribution in [2.24, 2.45) is 5.92 Å². The van der Waals surface area contributed by atoms with Gasteiger partial charge >= 0.3 is 0 Å². The zero-order valence-corrected chi connectivity index (χ0v) is 27.4. The number of rotatable bonds is 5. The molecular weight excluding hydrogens is 606 g/mol. The molecule has 0 aliphatic carbocycles. The number of aromatic nitrogens is 1. The zero-order chi connectivity index (χ0) is 34.2. The van der Waals surface area contributed by atoms with Crippen LogP contribution in [0.5, 0.6) is 0 Å². The minimum Gasteiger partial charge on any atom is -0.391 e. The Labute approximate surface area is 274 Å². The number of H-pyrrole nitrogens is 1. The number of aliphatic hydroxyl groups excluding tert-OH is 1. The molecule has 2 fully saturated rings. The van der Waals surface area contributed by atoms with E-state index < -0.39 is 71.8 Å². The highest BCUT2D eigenvalue weighted by Crippen LogP contribution is 2.22. The first-order valence-electron chi connectivity index (χ1n) is 16.3. The maximum Gasteiger partial charge on any atom is 0.245 e. The van der Waals surface area contributed by atoms with Crippen LogP contribution in [0.4, 0.5) is 0 Å². The first-order valence-corrected chi connectivity index (χ1v) is 16.3. The number of carbonyl (C=O) groups is 6. The molecule has 0 radical (unpaired) electrons. The number of nitrogens with zero attached hydrogens (tertiary/aromatic N) is 1. The fraction of sp³-hybridized carbons (Fsp3) is 0.576. The molecule has 256 valence electrons. The lowest BCUT2D eigenvalue weighted by Gasteiger charge is -2.30. The molecule has 1 aromatic heterocycles. The summed E-state index contributed by atoms with van der Waals surface area (Å²) in [6, 6.07) is 2.46. The van der Waals surface area contributed by atoms with Gasteiger partial charge in [0.15, 0.2) is 0 Å². The number of benzene rings is 1. The van der Waals surface area contributed by atoms with Gasteiger partial charge in [0.05, 0.1) is 6.10 Å². The predicted molar refractivity (Wildman–Crippen MR) is 174 cm³/mol. The van der Waals surface area contributed by atoms with Gasteiger partial charge in [-0.15, -0.1) is 0 Å². The third-order valence-corrected chi connectivity index (χ3v) is 8.58. The van der Waals surface area contributed by atoms with E-state index in [9.17, 15) is 33.9 Å². The third kappa shape index (κ3) is 9.31. The fourth-order valence-corrected chi connectivity index (χ4v) is 6.19. The minimum atomic E-state index is -1.14. The van der Waals surface area contributed by atoms with Crippen molar-refractivity contribution >= 4 is 46.3 Å². The standard InChI is InChI=1S/C33H47N7O7/c1-18(2)13-27-33(47)40-17-22(42)15-28(40)32(46)34-12-8-7-11-25(37-20(4)41)30(44)36-19(3)29(43)38-26(31(45)39-27)14-21-16-35-24-10-6-5-9-23(21)24/h5-6,9-10,16,18-19,22,25-28,35,42H,7-8,11-15,17H2,1-4H3,(H,34,46)(H,36,44)(H,37,41)(H,38,43)(H,39,45)/t19-,22-,25+,26+,27-,28+/m1/s1. The molecule has 2 aliphatic rings. The molecule has 6 amide bonds. The molecule has 0 bridgehead atoms. The Morgan fingerprint density at radius 3 is 2.43 bits per heavy atom. The topological polar surface area (TPSA) is 202 Å². The Bertz CT molecular complexity index is 1470. The molecule has 47 heavy (non-hydrogen) atoms. The lowest BCUT2D eigenvalue weighted by atomic mass is 10.00. The van der Waals surface area contributed by atoms with Crippen molar-refractivity contribution in [3.63, 3.8) is 0 Å². The molecule has 2 aliphatic heterocycles. The van der Waals surface area contributed by atoms with Crippen LogP contribution in [0.25, 0.3) is 10.9 Å².